The second-order valence-electron chi connectivity index (χ2n) is 4.68. The Morgan fingerprint density at radius 2 is 1.56 bits per heavy atom. The molecule has 0 aromatic rings. The van der Waals surface area contributed by atoms with Gasteiger partial charge in [0.15, 0.2) is 5.78 Å². The first-order chi connectivity index (χ1) is 7.63. The Hall–Kier alpha value is -0.660. The van der Waals surface area contributed by atoms with Gasteiger partial charge in [-0.3, -0.25) is 4.79 Å². The van der Waals surface area contributed by atoms with E-state index >= 15 is 0 Å². The maximum absolute atomic E-state index is 11.8. The first-order valence-electron chi connectivity index (χ1n) is 6.72. The summed E-state index contributed by atoms with van der Waals surface area (Å²) in [7, 11) is 0. The number of hydrogen-bond donors (Lipinski definition) is 1. The highest BCUT2D eigenvalue weighted by Crippen LogP contribution is 2.18. The van der Waals surface area contributed by atoms with Crippen LogP contribution in [0.15, 0.2) is 0 Å². The Labute approximate surface area is 100 Å². The van der Waals surface area contributed by atoms with Crippen LogP contribution < -0.4 is 0 Å². The van der Waals surface area contributed by atoms with Crippen LogP contribution in [-0.4, -0.2) is 11.5 Å². The third-order valence-electron chi connectivity index (χ3n) is 3.05. The van der Waals surface area contributed by atoms with Crippen LogP contribution >= 0.6 is 0 Å². The Morgan fingerprint density at radius 1 is 1.00 bits per heavy atom. The molecule has 0 aliphatic rings. The average Bonchev–Trinajstić information content (AvgIpc) is 2.27. The number of carbonyl (C=O) groups is 1. The smallest absolute Gasteiger partial charge is 0.179 e. The molecule has 0 fully saturated rings. The van der Waals surface area contributed by atoms with E-state index in [1.54, 1.807) is 6.92 Å². The van der Waals surface area contributed by atoms with Crippen molar-refractivity contribution in [3.8, 4) is 0 Å². The molecule has 1 atom stereocenters. The van der Waals surface area contributed by atoms with Crippen LogP contribution in [0.4, 0.5) is 0 Å². The zero-order chi connectivity index (χ0) is 12.4. The minimum Gasteiger partial charge on any atom is -0.302 e. The molecule has 0 saturated heterocycles. The molecule has 1 N–H and O–H groups in total. The predicted octanol–water partition coefficient (Wildman–Crippen LogP) is 4.37. The van der Waals surface area contributed by atoms with E-state index in [9.17, 15) is 4.79 Å². The summed E-state index contributed by atoms with van der Waals surface area (Å²) in [6.45, 7) is 5.96. The lowest BCUT2D eigenvalue weighted by Gasteiger charge is -2.14. The summed E-state index contributed by atoms with van der Waals surface area (Å²) in [6.07, 6.45) is 9.06. The van der Waals surface area contributed by atoms with Gasteiger partial charge >= 0.3 is 0 Å². The molecule has 2 nitrogen and oxygen atoms in total. The summed E-state index contributed by atoms with van der Waals surface area (Å²) in [6, 6.07) is 0. The lowest BCUT2D eigenvalue weighted by Crippen LogP contribution is -2.21. The first-order valence-corrected chi connectivity index (χ1v) is 6.72. The van der Waals surface area contributed by atoms with Crippen LogP contribution in [0.25, 0.3) is 0 Å². The number of ketones is 1. The molecular formula is C14H27NO. The van der Waals surface area contributed by atoms with Crippen LogP contribution in [0.5, 0.6) is 0 Å². The Balaban J connectivity index is 3.99. The van der Waals surface area contributed by atoms with E-state index in [2.05, 4.69) is 13.8 Å². The van der Waals surface area contributed by atoms with Crippen LogP contribution in [0.3, 0.4) is 0 Å². The second kappa shape index (κ2) is 9.56. The van der Waals surface area contributed by atoms with Crippen molar-refractivity contribution in [3.05, 3.63) is 0 Å². The van der Waals surface area contributed by atoms with Crippen molar-refractivity contribution >= 4 is 11.5 Å². The average molecular weight is 225 g/mol. The molecule has 2 heteroatoms. The van der Waals surface area contributed by atoms with Crippen molar-refractivity contribution < 1.29 is 4.79 Å². The van der Waals surface area contributed by atoms with Gasteiger partial charge in [0.1, 0.15) is 0 Å². The van der Waals surface area contributed by atoms with Crippen molar-refractivity contribution in [1.82, 2.24) is 0 Å². The number of nitrogens with one attached hydrogen (secondary N) is 1. The van der Waals surface area contributed by atoms with Crippen molar-refractivity contribution in [2.24, 2.45) is 5.92 Å². The number of Topliss-reactive ketones (excluding diaryl/α,β-unsaturated/α-hetero) is 1. The molecule has 0 aromatic heterocycles. The summed E-state index contributed by atoms with van der Waals surface area (Å²) in [5, 5.41) is 7.43. The summed E-state index contributed by atoms with van der Waals surface area (Å²) >= 11 is 0. The zero-order valence-corrected chi connectivity index (χ0v) is 11.1. The normalized spacial score (nSPS) is 12.4. The molecule has 1 unspecified atom stereocenters. The van der Waals surface area contributed by atoms with E-state index in [1.807, 2.05) is 0 Å². The monoisotopic (exact) mass is 225 g/mol. The lowest BCUT2D eigenvalue weighted by molar-refractivity contribution is -0.117. The Morgan fingerprint density at radius 3 is 2.06 bits per heavy atom. The summed E-state index contributed by atoms with van der Waals surface area (Å²) in [5.74, 6) is 0.194. The summed E-state index contributed by atoms with van der Waals surface area (Å²) in [5.41, 5.74) is 0.233. The lowest BCUT2D eigenvalue weighted by atomic mass is 9.89. The van der Waals surface area contributed by atoms with Gasteiger partial charge in [-0.25, -0.2) is 0 Å². The van der Waals surface area contributed by atoms with E-state index in [0.717, 1.165) is 32.1 Å². The zero-order valence-electron chi connectivity index (χ0n) is 11.1. The van der Waals surface area contributed by atoms with Crippen molar-refractivity contribution in [1.29, 1.82) is 5.41 Å². The minimum absolute atomic E-state index is 0.0740. The van der Waals surface area contributed by atoms with E-state index in [-0.39, 0.29) is 17.4 Å². The van der Waals surface area contributed by atoms with Crippen LogP contribution in [0.2, 0.25) is 0 Å². The molecular weight excluding hydrogens is 198 g/mol. The van der Waals surface area contributed by atoms with Crippen LogP contribution in [-0.2, 0) is 4.79 Å². The predicted molar refractivity (Wildman–Crippen MR) is 70.2 cm³/mol. The van der Waals surface area contributed by atoms with Gasteiger partial charge in [0, 0.05) is 5.92 Å². The molecule has 0 amide bonds. The highest BCUT2D eigenvalue weighted by Gasteiger charge is 2.18. The maximum Gasteiger partial charge on any atom is 0.179 e. The molecule has 0 heterocycles. The van der Waals surface area contributed by atoms with E-state index in [1.165, 1.54) is 19.3 Å². The first kappa shape index (κ1) is 15.3. The van der Waals surface area contributed by atoms with Gasteiger partial charge in [0.2, 0.25) is 0 Å². The Kier molecular flexibility index (Phi) is 9.16. The topological polar surface area (TPSA) is 40.9 Å². The fraction of sp³-hybridized carbons (Fsp3) is 0.857. The second-order valence-corrected chi connectivity index (χ2v) is 4.68. The SMILES string of the molecule is CCCCCCC(CCCC)C(=O)C(C)=N. The summed E-state index contributed by atoms with van der Waals surface area (Å²) in [4.78, 5) is 11.8. The fourth-order valence-electron chi connectivity index (χ4n) is 1.98. The van der Waals surface area contributed by atoms with Gasteiger partial charge in [-0.05, 0) is 19.8 Å². The molecule has 16 heavy (non-hydrogen) atoms. The van der Waals surface area contributed by atoms with E-state index in [0.29, 0.717) is 0 Å². The van der Waals surface area contributed by atoms with Crippen molar-refractivity contribution in [3.63, 3.8) is 0 Å². The highest BCUT2D eigenvalue weighted by atomic mass is 16.1. The molecule has 0 saturated carbocycles. The van der Waals surface area contributed by atoms with E-state index in [4.69, 9.17) is 5.41 Å². The quantitative estimate of drug-likeness (QED) is 0.435. The molecule has 0 aliphatic heterocycles. The maximum atomic E-state index is 11.8. The molecule has 0 spiro atoms. The molecule has 0 aromatic carbocycles. The highest BCUT2D eigenvalue weighted by molar-refractivity contribution is 6.38. The number of unbranched alkanes of at least 4 members (excludes halogenated alkanes) is 4. The van der Waals surface area contributed by atoms with Crippen LogP contribution in [0, 0.1) is 11.3 Å². The minimum atomic E-state index is 0.0740. The standard InChI is InChI=1S/C14H27NO/c1-4-6-8-9-11-13(10-7-5-2)14(16)12(3)15/h13,15H,4-11H2,1-3H3. The number of carbonyl (C=O) groups excluding carboxylic acids is 1. The Bertz CT molecular complexity index is 211. The van der Waals surface area contributed by atoms with Gasteiger partial charge in [-0.1, -0.05) is 52.4 Å². The molecule has 0 bridgehead atoms. The molecule has 0 radical (unpaired) electrons. The molecule has 0 aliphatic carbocycles. The number of rotatable bonds is 10. The third kappa shape index (κ3) is 6.76. The van der Waals surface area contributed by atoms with Gasteiger partial charge in [0.25, 0.3) is 0 Å². The van der Waals surface area contributed by atoms with Gasteiger partial charge in [-0.2, -0.15) is 0 Å². The van der Waals surface area contributed by atoms with Gasteiger partial charge < -0.3 is 5.41 Å². The summed E-state index contributed by atoms with van der Waals surface area (Å²) < 4.78 is 0. The third-order valence-corrected chi connectivity index (χ3v) is 3.05. The molecule has 0 rings (SSSR count). The largest absolute Gasteiger partial charge is 0.302 e. The van der Waals surface area contributed by atoms with Crippen molar-refractivity contribution in [2.75, 3.05) is 0 Å². The van der Waals surface area contributed by atoms with Gasteiger partial charge in [-0.15, -0.1) is 0 Å². The number of hydrogen-bond acceptors (Lipinski definition) is 2. The van der Waals surface area contributed by atoms with E-state index < -0.39 is 0 Å². The van der Waals surface area contributed by atoms with Crippen LogP contribution in [0.1, 0.15) is 72.1 Å². The van der Waals surface area contributed by atoms with Crippen molar-refractivity contribution in [2.45, 2.75) is 72.1 Å². The molecule has 94 valence electrons. The van der Waals surface area contributed by atoms with Gasteiger partial charge in [0.05, 0.1) is 5.71 Å². The fourth-order valence-corrected chi connectivity index (χ4v) is 1.98.